The third-order valence-corrected chi connectivity index (χ3v) is 3.63. The van der Waals surface area contributed by atoms with Gasteiger partial charge in [0.05, 0.1) is 4.83 Å². The number of hydrogen-bond acceptors (Lipinski definition) is 1. The predicted molar refractivity (Wildman–Crippen MR) is 53.0 cm³/mol. The molecule has 1 nitrogen and oxygen atoms in total. The lowest BCUT2D eigenvalue weighted by Crippen LogP contribution is -2.03. The molecule has 0 bridgehead atoms. The number of rotatable bonds is 2. The van der Waals surface area contributed by atoms with Crippen LogP contribution in [0.15, 0.2) is 30.3 Å². The van der Waals surface area contributed by atoms with Crippen LogP contribution in [0.2, 0.25) is 0 Å². The van der Waals surface area contributed by atoms with Gasteiger partial charge in [0.2, 0.25) is 0 Å². The third-order valence-electron chi connectivity index (χ3n) is 1.36. The zero-order chi connectivity index (χ0) is 8.27. The van der Waals surface area contributed by atoms with Crippen molar-refractivity contribution < 1.29 is 5.11 Å². The Labute approximate surface area is 82.7 Å². The van der Waals surface area contributed by atoms with E-state index in [-0.39, 0.29) is 4.83 Å². The molecular formula is C8H8Br2O. The van der Waals surface area contributed by atoms with Crippen molar-refractivity contribution >= 4 is 31.9 Å². The molecule has 0 amide bonds. The second-order valence-electron chi connectivity index (χ2n) is 2.19. The van der Waals surface area contributed by atoms with Crippen LogP contribution in [0.1, 0.15) is 10.4 Å². The highest BCUT2D eigenvalue weighted by Crippen LogP contribution is 2.28. The Morgan fingerprint density at radius 1 is 1.09 bits per heavy atom. The van der Waals surface area contributed by atoms with E-state index >= 15 is 0 Å². The Hall–Kier alpha value is 0.140. The second-order valence-corrected chi connectivity index (χ2v) is 4.11. The summed E-state index contributed by atoms with van der Waals surface area (Å²) in [7, 11) is 0. The molecule has 60 valence electrons. The van der Waals surface area contributed by atoms with Gasteiger partial charge in [0.25, 0.3) is 0 Å². The fourth-order valence-electron chi connectivity index (χ4n) is 0.796. The maximum Gasteiger partial charge on any atom is 0.125 e. The maximum absolute atomic E-state index is 9.14. The summed E-state index contributed by atoms with van der Waals surface area (Å²) in [5.74, 6) is 0. The quantitative estimate of drug-likeness (QED) is 0.826. The number of benzene rings is 1. The Kier molecular flexibility index (Phi) is 3.55. The Morgan fingerprint density at radius 3 is 2.09 bits per heavy atom. The van der Waals surface area contributed by atoms with Gasteiger partial charge in [-0.1, -0.05) is 62.2 Å². The molecule has 0 saturated carbocycles. The van der Waals surface area contributed by atoms with Crippen LogP contribution in [0.4, 0.5) is 0 Å². The summed E-state index contributed by atoms with van der Waals surface area (Å²) in [4.78, 5) is -0.0382. The minimum absolute atomic E-state index is 0.0382. The molecule has 0 spiro atoms. The Morgan fingerprint density at radius 2 is 1.64 bits per heavy atom. The molecule has 0 heterocycles. The molecule has 1 aromatic rings. The highest BCUT2D eigenvalue weighted by atomic mass is 79.9. The SMILES string of the molecule is OC(Br)C(Br)c1ccccc1. The topological polar surface area (TPSA) is 20.2 Å². The standard InChI is InChI=1S/C8H8Br2O/c9-7(8(10)11)6-4-2-1-3-5-6/h1-5,7-8,11H. The largest absolute Gasteiger partial charge is 0.380 e. The van der Waals surface area contributed by atoms with Crippen molar-refractivity contribution in [2.45, 2.75) is 9.84 Å². The van der Waals surface area contributed by atoms with Crippen LogP contribution in [0.3, 0.4) is 0 Å². The van der Waals surface area contributed by atoms with E-state index in [0.29, 0.717) is 0 Å². The molecular weight excluding hydrogens is 272 g/mol. The first-order valence-electron chi connectivity index (χ1n) is 3.23. The van der Waals surface area contributed by atoms with Crippen molar-refractivity contribution in [2.75, 3.05) is 0 Å². The minimum Gasteiger partial charge on any atom is -0.380 e. The van der Waals surface area contributed by atoms with E-state index < -0.39 is 5.01 Å². The first-order chi connectivity index (χ1) is 5.22. The monoisotopic (exact) mass is 278 g/mol. The van der Waals surface area contributed by atoms with Gasteiger partial charge in [0.15, 0.2) is 0 Å². The summed E-state index contributed by atoms with van der Waals surface area (Å²) in [5.41, 5.74) is 1.07. The van der Waals surface area contributed by atoms with Crippen LogP contribution in [-0.4, -0.2) is 10.1 Å². The van der Waals surface area contributed by atoms with Crippen LogP contribution in [0.5, 0.6) is 0 Å². The molecule has 1 N–H and O–H groups in total. The average Bonchev–Trinajstić information content (AvgIpc) is 2.05. The van der Waals surface area contributed by atoms with Crippen LogP contribution in [-0.2, 0) is 0 Å². The molecule has 0 aliphatic carbocycles. The summed E-state index contributed by atoms with van der Waals surface area (Å²) < 4.78 is 0. The summed E-state index contributed by atoms with van der Waals surface area (Å²) in [6.45, 7) is 0. The maximum atomic E-state index is 9.14. The number of aliphatic hydroxyl groups excluding tert-OH is 1. The van der Waals surface area contributed by atoms with Crippen LogP contribution >= 0.6 is 31.9 Å². The van der Waals surface area contributed by atoms with E-state index in [0.717, 1.165) is 5.56 Å². The molecule has 2 unspecified atom stereocenters. The van der Waals surface area contributed by atoms with Crippen molar-refractivity contribution in [1.82, 2.24) is 0 Å². The first-order valence-corrected chi connectivity index (χ1v) is 5.06. The molecule has 3 heteroatoms. The zero-order valence-corrected chi connectivity index (χ0v) is 8.92. The molecule has 0 aliphatic heterocycles. The van der Waals surface area contributed by atoms with Crippen LogP contribution in [0, 0.1) is 0 Å². The van der Waals surface area contributed by atoms with Gasteiger partial charge in [-0.2, -0.15) is 0 Å². The van der Waals surface area contributed by atoms with Gasteiger partial charge >= 0.3 is 0 Å². The molecule has 1 aromatic carbocycles. The molecule has 1 rings (SSSR count). The third kappa shape index (κ3) is 2.58. The highest BCUT2D eigenvalue weighted by molar-refractivity contribution is 9.12. The first kappa shape index (κ1) is 9.23. The van der Waals surface area contributed by atoms with E-state index in [2.05, 4.69) is 31.9 Å². The van der Waals surface area contributed by atoms with Gasteiger partial charge < -0.3 is 5.11 Å². The van der Waals surface area contributed by atoms with Crippen molar-refractivity contribution in [1.29, 1.82) is 0 Å². The molecule has 0 aliphatic rings. The van der Waals surface area contributed by atoms with Gasteiger partial charge in [0, 0.05) is 0 Å². The van der Waals surface area contributed by atoms with Crippen molar-refractivity contribution in [2.24, 2.45) is 0 Å². The summed E-state index contributed by atoms with van der Waals surface area (Å²) in [5, 5.41) is 8.61. The Balaban J connectivity index is 2.77. The molecule has 0 fully saturated rings. The lowest BCUT2D eigenvalue weighted by atomic mass is 10.2. The summed E-state index contributed by atoms with van der Waals surface area (Å²) in [6.07, 6.45) is 0. The fraction of sp³-hybridized carbons (Fsp3) is 0.250. The van der Waals surface area contributed by atoms with Gasteiger partial charge in [-0.3, -0.25) is 0 Å². The number of halogens is 2. The number of hydrogen-bond donors (Lipinski definition) is 1. The van der Waals surface area contributed by atoms with Gasteiger partial charge in [-0.05, 0) is 5.56 Å². The van der Waals surface area contributed by atoms with Crippen molar-refractivity contribution in [3.8, 4) is 0 Å². The molecule has 0 radical (unpaired) electrons. The normalized spacial score (nSPS) is 15.9. The molecule has 0 aromatic heterocycles. The molecule has 11 heavy (non-hydrogen) atoms. The van der Waals surface area contributed by atoms with Gasteiger partial charge in [-0.15, -0.1) is 0 Å². The van der Waals surface area contributed by atoms with E-state index in [1.807, 2.05) is 30.3 Å². The lowest BCUT2D eigenvalue weighted by Gasteiger charge is -2.10. The number of aliphatic hydroxyl groups is 1. The van der Waals surface area contributed by atoms with Gasteiger partial charge in [-0.25, -0.2) is 0 Å². The van der Waals surface area contributed by atoms with E-state index in [1.165, 1.54) is 0 Å². The second kappa shape index (κ2) is 4.24. The lowest BCUT2D eigenvalue weighted by molar-refractivity contribution is 0.269. The van der Waals surface area contributed by atoms with E-state index in [4.69, 9.17) is 5.11 Å². The Bertz CT molecular complexity index is 211. The average molecular weight is 280 g/mol. The molecule has 0 saturated heterocycles. The highest BCUT2D eigenvalue weighted by Gasteiger charge is 2.13. The van der Waals surface area contributed by atoms with Crippen LogP contribution in [0.25, 0.3) is 0 Å². The predicted octanol–water partition coefficient (Wildman–Crippen LogP) is 2.84. The fourth-order valence-corrected chi connectivity index (χ4v) is 1.41. The van der Waals surface area contributed by atoms with E-state index in [9.17, 15) is 0 Å². The van der Waals surface area contributed by atoms with Crippen LogP contribution < -0.4 is 0 Å². The molecule has 2 atom stereocenters. The van der Waals surface area contributed by atoms with Crippen molar-refractivity contribution in [3.63, 3.8) is 0 Å². The minimum atomic E-state index is -0.537. The van der Waals surface area contributed by atoms with Crippen molar-refractivity contribution in [3.05, 3.63) is 35.9 Å². The number of alkyl halides is 2. The smallest absolute Gasteiger partial charge is 0.125 e. The summed E-state index contributed by atoms with van der Waals surface area (Å²) >= 11 is 6.44. The van der Waals surface area contributed by atoms with Gasteiger partial charge in [0.1, 0.15) is 5.01 Å². The zero-order valence-electron chi connectivity index (χ0n) is 5.74. The summed E-state index contributed by atoms with van der Waals surface area (Å²) in [6, 6.07) is 9.76. The van der Waals surface area contributed by atoms with E-state index in [1.54, 1.807) is 0 Å².